The summed E-state index contributed by atoms with van der Waals surface area (Å²) in [4.78, 5) is 3.61. The predicted octanol–water partition coefficient (Wildman–Crippen LogP) is 4.98. The molecule has 1 fully saturated rings. The van der Waals surface area contributed by atoms with Crippen molar-refractivity contribution in [3.05, 3.63) is 54.1 Å². The molecule has 0 aliphatic carbocycles. The maximum absolute atomic E-state index is 5.46. The van der Waals surface area contributed by atoms with Gasteiger partial charge in [0, 0.05) is 30.8 Å². The normalized spacial score (nSPS) is 15.7. The lowest BCUT2D eigenvalue weighted by atomic mass is 10.0. The van der Waals surface area contributed by atoms with Crippen LogP contribution >= 0.6 is 0 Å². The molecule has 4 rings (SSSR count). The van der Waals surface area contributed by atoms with Gasteiger partial charge >= 0.3 is 0 Å². The van der Waals surface area contributed by atoms with Crippen LogP contribution in [0.25, 0.3) is 22.2 Å². The van der Waals surface area contributed by atoms with Crippen molar-refractivity contribution >= 4 is 16.6 Å². The number of anilines is 1. The van der Waals surface area contributed by atoms with E-state index in [-0.39, 0.29) is 0 Å². The average Bonchev–Trinajstić information content (AvgIpc) is 3.05. The third-order valence-electron chi connectivity index (χ3n) is 4.88. The molecule has 3 heteroatoms. The smallest absolute Gasteiger partial charge is 0.0694 e. The van der Waals surface area contributed by atoms with E-state index in [1.54, 1.807) is 0 Å². The monoisotopic (exact) mass is 320 g/mol. The minimum atomic E-state index is 0.706. The van der Waals surface area contributed by atoms with E-state index in [0.717, 1.165) is 32.6 Å². The quantitative estimate of drug-likeness (QED) is 0.711. The average molecular weight is 320 g/mol. The number of hydrogen-bond acceptors (Lipinski definition) is 2. The second kappa shape index (κ2) is 6.70. The van der Waals surface area contributed by atoms with Crippen molar-refractivity contribution < 1.29 is 4.74 Å². The molecule has 3 nitrogen and oxygen atoms in total. The number of fused-ring (bicyclic) bond motifs is 1. The maximum atomic E-state index is 5.46. The van der Waals surface area contributed by atoms with Crippen molar-refractivity contribution in [1.29, 1.82) is 0 Å². The maximum Gasteiger partial charge on any atom is 0.0694 e. The molecule has 0 radical (unpaired) electrons. The molecule has 3 aromatic rings. The standard InChI is InChI=1S/C21H24N2O/c1-15-11-18-13-19(17-5-3-2-4-6-17)23-21(18)20(12-15)22-14-16-7-9-24-10-8-16/h2-6,11-13,16,22-23H,7-10,14H2,1H3. The summed E-state index contributed by atoms with van der Waals surface area (Å²) in [6, 6.07) is 17.2. The fourth-order valence-electron chi connectivity index (χ4n) is 3.51. The van der Waals surface area contributed by atoms with Crippen molar-refractivity contribution in [2.75, 3.05) is 25.1 Å². The van der Waals surface area contributed by atoms with Crippen molar-refractivity contribution in [3.8, 4) is 11.3 Å². The number of aryl methyl sites for hydroxylation is 1. The Morgan fingerprint density at radius 2 is 1.88 bits per heavy atom. The molecule has 1 aliphatic rings. The highest BCUT2D eigenvalue weighted by atomic mass is 16.5. The van der Waals surface area contributed by atoms with E-state index in [9.17, 15) is 0 Å². The van der Waals surface area contributed by atoms with Gasteiger partial charge in [0.1, 0.15) is 0 Å². The van der Waals surface area contributed by atoms with Gasteiger partial charge in [-0.05, 0) is 55.0 Å². The first-order valence-electron chi connectivity index (χ1n) is 8.80. The molecule has 0 bridgehead atoms. The minimum absolute atomic E-state index is 0.706. The van der Waals surface area contributed by atoms with Crippen LogP contribution in [0.1, 0.15) is 18.4 Å². The Bertz CT molecular complexity index is 816. The van der Waals surface area contributed by atoms with E-state index < -0.39 is 0 Å². The number of rotatable bonds is 4. The summed E-state index contributed by atoms with van der Waals surface area (Å²) < 4.78 is 5.46. The van der Waals surface area contributed by atoms with Gasteiger partial charge in [0.2, 0.25) is 0 Å². The highest BCUT2D eigenvalue weighted by molar-refractivity contribution is 5.95. The van der Waals surface area contributed by atoms with E-state index in [1.807, 2.05) is 0 Å². The molecule has 1 saturated heterocycles. The number of aromatic amines is 1. The minimum Gasteiger partial charge on any atom is -0.383 e. The number of nitrogens with one attached hydrogen (secondary N) is 2. The lowest BCUT2D eigenvalue weighted by molar-refractivity contribution is 0.0699. The topological polar surface area (TPSA) is 37.0 Å². The Hall–Kier alpha value is -2.26. The van der Waals surface area contributed by atoms with Gasteiger partial charge in [-0.25, -0.2) is 0 Å². The molecule has 2 N–H and O–H groups in total. The summed E-state index contributed by atoms with van der Waals surface area (Å²) in [7, 11) is 0. The summed E-state index contributed by atoms with van der Waals surface area (Å²) in [5, 5.41) is 4.94. The third kappa shape index (κ3) is 3.17. The highest BCUT2D eigenvalue weighted by Crippen LogP contribution is 2.30. The van der Waals surface area contributed by atoms with E-state index in [0.29, 0.717) is 5.92 Å². The van der Waals surface area contributed by atoms with Gasteiger partial charge in [-0.1, -0.05) is 30.3 Å². The third-order valence-corrected chi connectivity index (χ3v) is 4.88. The largest absolute Gasteiger partial charge is 0.383 e. The van der Waals surface area contributed by atoms with E-state index in [4.69, 9.17) is 4.74 Å². The van der Waals surface area contributed by atoms with E-state index in [1.165, 1.54) is 33.4 Å². The zero-order chi connectivity index (χ0) is 16.4. The van der Waals surface area contributed by atoms with Crippen LogP contribution in [0.2, 0.25) is 0 Å². The zero-order valence-electron chi connectivity index (χ0n) is 14.1. The van der Waals surface area contributed by atoms with Crippen LogP contribution in [-0.4, -0.2) is 24.7 Å². The Balaban J connectivity index is 1.63. The summed E-state index contributed by atoms with van der Waals surface area (Å²) in [5.41, 5.74) is 6.09. The molecule has 0 spiro atoms. The van der Waals surface area contributed by atoms with Gasteiger partial charge < -0.3 is 15.0 Å². The Labute approximate surface area is 143 Å². The van der Waals surface area contributed by atoms with Crippen LogP contribution < -0.4 is 5.32 Å². The van der Waals surface area contributed by atoms with Crippen LogP contribution in [-0.2, 0) is 4.74 Å². The zero-order valence-corrected chi connectivity index (χ0v) is 14.1. The summed E-state index contributed by atoms with van der Waals surface area (Å²) >= 11 is 0. The molecule has 0 saturated carbocycles. The molecule has 0 unspecified atom stereocenters. The fourth-order valence-corrected chi connectivity index (χ4v) is 3.51. The first-order chi connectivity index (χ1) is 11.8. The molecule has 2 aromatic carbocycles. The first-order valence-corrected chi connectivity index (χ1v) is 8.80. The molecule has 0 atom stereocenters. The van der Waals surface area contributed by atoms with E-state index in [2.05, 4.69) is 65.8 Å². The molecule has 2 heterocycles. The SMILES string of the molecule is Cc1cc(NCC2CCOCC2)c2[nH]c(-c3ccccc3)cc2c1. The second-order valence-electron chi connectivity index (χ2n) is 6.76. The molecule has 1 aromatic heterocycles. The molecular formula is C21H24N2O. The Morgan fingerprint density at radius 3 is 2.67 bits per heavy atom. The summed E-state index contributed by atoms with van der Waals surface area (Å²) in [6.07, 6.45) is 2.31. The van der Waals surface area contributed by atoms with Crippen molar-refractivity contribution in [2.45, 2.75) is 19.8 Å². The Morgan fingerprint density at radius 1 is 1.08 bits per heavy atom. The van der Waals surface area contributed by atoms with E-state index >= 15 is 0 Å². The van der Waals surface area contributed by atoms with Crippen LogP contribution in [0.15, 0.2) is 48.5 Å². The number of hydrogen-bond donors (Lipinski definition) is 2. The van der Waals surface area contributed by atoms with Crippen molar-refractivity contribution in [3.63, 3.8) is 0 Å². The second-order valence-corrected chi connectivity index (χ2v) is 6.76. The number of H-pyrrole nitrogens is 1. The van der Waals surface area contributed by atoms with Crippen LogP contribution in [0.3, 0.4) is 0 Å². The van der Waals surface area contributed by atoms with Gasteiger partial charge in [0.25, 0.3) is 0 Å². The number of ether oxygens (including phenoxy) is 1. The van der Waals surface area contributed by atoms with Gasteiger partial charge in [0.05, 0.1) is 11.2 Å². The molecule has 0 amide bonds. The van der Waals surface area contributed by atoms with Crippen molar-refractivity contribution in [2.24, 2.45) is 5.92 Å². The predicted molar refractivity (Wildman–Crippen MR) is 101 cm³/mol. The molecule has 24 heavy (non-hydrogen) atoms. The lowest BCUT2D eigenvalue weighted by Crippen LogP contribution is -2.22. The van der Waals surface area contributed by atoms with Gasteiger partial charge in [-0.2, -0.15) is 0 Å². The lowest BCUT2D eigenvalue weighted by Gasteiger charge is -2.23. The highest BCUT2D eigenvalue weighted by Gasteiger charge is 2.14. The van der Waals surface area contributed by atoms with Crippen LogP contribution in [0, 0.1) is 12.8 Å². The number of aromatic nitrogens is 1. The van der Waals surface area contributed by atoms with Crippen LogP contribution in [0.5, 0.6) is 0 Å². The summed E-state index contributed by atoms with van der Waals surface area (Å²) in [6.45, 7) is 4.97. The van der Waals surface area contributed by atoms with Crippen LogP contribution in [0.4, 0.5) is 5.69 Å². The molecule has 1 aliphatic heterocycles. The number of benzene rings is 2. The Kier molecular flexibility index (Phi) is 4.26. The van der Waals surface area contributed by atoms with Gasteiger partial charge in [-0.15, -0.1) is 0 Å². The van der Waals surface area contributed by atoms with Gasteiger partial charge in [0.15, 0.2) is 0 Å². The first kappa shape index (κ1) is 15.3. The molecular weight excluding hydrogens is 296 g/mol. The molecule has 124 valence electrons. The fraction of sp³-hybridized carbons (Fsp3) is 0.333. The summed E-state index contributed by atoms with van der Waals surface area (Å²) in [5.74, 6) is 0.706. The van der Waals surface area contributed by atoms with Crippen molar-refractivity contribution in [1.82, 2.24) is 4.98 Å². The van der Waals surface area contributed by atoms with Gasteiger partial charge in [-0.3, -0.25) is 0 Å².